The highest BCUT2D eigenvalue weighted by Gasteiger charge is 2.36. The van der Waals surface area contributed by atoms with Crippen LogP contribution in [-0.2, 0) is 21.7 Å². The first-order chi connectivity index (χ1) is 9.60. The van der Waals surface area contributed by atoms with Crippen LogP contribution in [0.25, 0.3) is 11.0 Å². The van der Waals surface area contributed by atoms with Crippen molar-refractivity contribution < 1.29 is 14.6 Å². The number of benzene rings is 1. The molecule has 1 saturated heterocycles. The molecule has 20 heavy (non-hydrogen) atoms. The summed E-state index contributed by atoms with van der Waals surface area (Å²) in [7, 11) is 0. The third-order valence-electron chi connectivity index (χ3n) is 3.90. The van der Waals surface area contributed by atoms with Gasteiger partial charge in [0, 0.05) is 13.2 Å². The lowest BCUT2D eigenvalue weighted by atomic mass is 10.0. The van der Waals surface area contributed by atoms with Crippen molar-refractivity contribution in [2.24, 2.45) is 0 Å². The fraction of sp³-hybridized carbons (Fsp3) is 0.467. The number of aliphatic carboxylic acids is 1. The number of para-hydroxylation sites is 2. The van der Waals surface area contributed by atoms with Gasteiger partial charge < -0.3 is 14.4 Å². The molecule has 1 aliphatic heterocycles. The van der Waals surface area contributed by atoms with Crippen LogP contribution in [0, 0.1) is 0 Å². The molecule has 5 heteroatoms. The largest absolute Gasteiger partial charge is 0.481 e. The molecule has 1 unspecified atom stereocenters. The Kier molecular flexibility index (Phi) is 3.22. The van der Waals surface area contributed by atoms with Gasteiger partial charge in [-0.05, 0) is 31.9 Å². The molecule has 1 fully saturated rings. The molecule has 106 valence electrons. The number of carboxylic acids is 1. The summed E-state index contributed by atoms with van der Waals surface area (Å²) < 4.78 is 7.87. The number of aryl methyl sites for hydroxylation is 1. The van der Waals surface area contributed by atoms with Gasteiger partial charge in [-0.3, -0.25) is 4.79 Å². The Morgan fingerprint density at radius 3 is 3.00 bits per heavy atom. The van der Waals surface area contributed by atoms with Gasteiger partial charge in [-0.15, -0.1) is 0 Å². The van der Waals surface area contributed by atoms with Gasteiger partial charge in [0.2, 0.25) is 0 Å². The van der Waals surface area contributed by atoms with Crippen LogP contribution in [0.4, 0.5) is 0 Å². The van der Waals surface area contributed by atoms with Crippen molar-refractivity contribution in [3.63, 3.8) is 0 Å². The molecule has 5 nitrogen and oxygen atoms in total. The van der Waals surface area contributed by atoms with Crippen LogP contribution in [0.5, 0.6) is 0 Å². The highest BCUT2D eigenvalue weighted by Crippen LogP contribution is 2.36. The Hall–Kier alpha value is -1.88. The molecule has 1 aromatic heterocycles. The van der Waals surface area contributed by atoms with Crippen molar-refractivity contribution in [3.05, 3.63) is 30.1 Å². The van der Waals surface area contributed by atoms with E-state index < -0.39 is 11.6 Å². The van der Waals surface area contributed by atoms with Gasteiger partial charge in [0.25, 0.3) is 0 Å². The first kappa shape index (κ1) is 13.1. The van der Waals surface area contributed by atoms with E-state index in [2.05, 4.69) is 4.98 Å². The van der Waals surface area contributed by atoms with Gasteiger partial charge in [0.15, 0.2) is 0 Å². The van der Waals surface area contributed by atoms with E-state index in [9.17, 15) is 4.79 Å². The Labute approximate surface area is 117 Å². The zero-order valence-corrected chi connectivity index (χ0v) is 11.5. The smallest absolute Gasteiger partial charge is 0.305 e. The van der Waals surface area contributed by atoms with E-state index in [4.69, 9.17) is 9.84 Å². The van der Waals surface area contributed by atoms with E-state index in [0.717, 1.165) is 36.3 Å². The topological polar surface area (TPSA) is 64.4 Å². The van der Waals surface area contributed by atoms with E-state index in [1.807, 2.05) is 35.8 Å². The number of rotatable bonds is 4. The van der Waals surface area contributed by atoms with Crippen molar-refractivity contribution >= 4 is 17.0 Å². The summed E-state index contributed by atoms with van der Waals surface area (Å²) in [5, 5.41) is 8.94. The van der Waals surface area contributed by atoms with E-state index in [1.54, 1.807) is 0 Å². The summed E-state index contributed by atoms with van der Waals surface area (Å²) >= 11 is 0. The first-order valence-corrected chi connectivity index (χ1v) is 6.92. The van der Waals surface area contributed by atoms with Crippen molar-refractivity contribution in [1.82, 2.24) is 9.55 Å². The van der Waals surface area contributed by atoms with Gasteiger partial charge >= 0.3 is 5.97 Å². The SMILES string of the molecule is CC1(c2nc3ccccc3n2CCC(=O)O)CCCO1. The van der Waals surface area contributed by atoms with Crippen molar-refractivity contribution in [3.8, 4) is 0 Å². The molecule has 1 atom stereocenters. The van der Waals surface area contributed by atoms with E-state index in [0.29, 0.717) is 6.54 Å². The fourth-order valence-corrected chi connectivity index (χ4v) is 2.87. The predicted molar refractivity (Wildman–Crippen MR) is 74.5 cm³/mol. The maximum absolute atomic E-state index is 10.9. The summed E-state index contributed by atoms with van der Waals surface area (Å²) in [6.07, 6.45) is 2.02. The minimum Gasteiger partial charge on any atom is -0.481 e. The molecular formula is C15H18N2O3. The molecule has 3 rings (SSSR count). The van der Waals surface area contributed by atoms with Crippen LogP contribution in [0.1, 0.15) is 32.0 Å². The van der Waals surface area contributed by atoms with Gasteiger partial charge in [-0.2, -0.15) is 0 Å². The molecule has 0 radical (unpaired) electrons. The maximum atomic E-state index is 10.9. The summed E-state index contributed by atoms with van der Waals surface area (Å²) in [5.74, 6) is 0.0451. The van der Waals surface area contributed by atoms with Crippen LogP contribution in [0.3, 0.4) is 0 Å². The van der Waals surface area contributed by atoms with Gasteiger partial charge in [-0.25, -0.2) is 4.98 Å². The number of ether oxygens (including phenoxy) is 1. The van der Waals surface area contributed by atoms with Gasteiger partial charge in [0.1, 0.15) is 11.4 Å². The minimum absolute atomic E-state index is 0.0867. The monoisotopic (exact) mass is 274 g/mol. The number of imidazole rings is 1. The van der Waals surface area contributed by atoms with Crippen LogP contribution >= 0.6 is 0 Å². The van der Waals surface area contributed by atoms with E-state index >= 15 is 0 Å². The Morgan fingerprint density at radius 2 is 2.30 bits per heavy atom. The molecule has 0 bridgehead atoms. The number of aromatic nitrogens is 2. The molecule has 0 saturated carbocycles. The molecular weight excluding hydrogens is 256 g/mol. The molecule has 2 aromatic rings. The number of hydrogen-bond donors (Lipinski definition) is 1. The number of carbonyl (C=O) groups is 1. The zero-order chi connectivity index (χ0) is 14.2. The summed E-state index contributed by atoms with van der Waals surface area (Å²) in [4.78, 5) is 15.6. The molecule has 0 amide bonds. The lowest BCUT2D eigenvalue weighted by Gasteiger charge is -2.23. The lowest BCUT2D eigenvalue weighted by Crippen LogP contribution is -2.26. The Morgan fingerprint density at radius 1 is 1.50 bits per heavy atom. The van der Waals surface area contributed by atoms with Crippen LogP contribution < -0.4 is 0 Å². The van der Waals surface area contributed by atoms with Crippen molar-refractivity contribution in [1.29, 1.82) is 0 Å². The summed E-state index contributed by atoms with van der Waals surface area (Å²) in [6.45, 7) is 3.20. The van der Waals surface area contributed by atoms with Gasteiger partial charge in [-0.1, -0.05) is 12.1 Å². The van der Waals surface area contributed by atoms with Crippen LogP contribution in [0.15, 0.2) is 24.3 Å². The Bertz CT molecular complexity index is 642. The zero-order valence-electron chi connectivity index (χ0n) is 11.5. The number of nitrogens with zero attached hydrogens (tertiary/aromatic N) is 2. The first-order valence-electron chi connectivity index (χ1n) is 6.92. The third-order valence-corrected chi connectivity index (χ3v) is 3.90. The van der Waals surface area contributed by atoms with E-state index in [1.165, 1.54) is 0 Å². The number of fused-ring (bicyclic) bond motifs is 1. The van der Waals surface area contributed by atoms with Crippen LogP contribution in [0.2, 0.25) is 0 Å². The Balaban J connectivity index is 2.09. The fourth-order valence-electron chi connectivity index (χ4n) is 2.87. The van der Waals surface area contributed by atoms with Gasteiger partial charge in [0.05, 0.1) is 17.5 Å². The molecule has 1 N–H and O–H groups in total. The summed E-state index contributed by atoms with van der Waals surface area (Å²) in [6, 6.07) is 7.82. The molecule has 1 aromatic carbocycles. The van der Waals surface area contributed by atoms with Crippen molar-refractivity contribution in [2.75, 3.05) is 6.61 Å². The van der Waals surface area contributed by atoms with E-state index in [-0.39, 0.29) is 6.42 Å². The average molecular weight is 274 g/mol. The molecule has 2 heterocycles. The number of hydrogen-bond acceptors (Lipinski definition) is 3. The average Bonchev–Trinajstić information content (AvgIpc) is 3.01. The second-order valence-electron chi connectivity index (χ2n) is 5.40. The van der Waals surface area contributed by atoms with Crippen LogP contribution in [-0.4, -0.2) is 27.2 Å². The molecule has 0 aliphatic carbocycles. The second-order valence-corrected chi connectivity index (χ2v) is 5.40. The molecule has 1 aliphatic rings. The summed E-state index contributed by atoms with van der Waals surface area (Å²) in [5.41, 5.74) is 1.46. The highest BCUT2D eigenvalue weighted by atomic mass is 16.5. The third kappa shape index (κ3) is 2.18. The molecule has 0 spiro atoms. The number of carboxylic acid groups (broad SMARTS) is 1. The standard InChI is InChI=1S/C15H18N2O3/c1-15(8-4-10-20-15)14-16-11-5-2-3-6-12(11)17(14)9-7-13(18)19/h2-3,5-6H,4,7-10H2,1H3,(H,18,19). The van der Waals surface area contributed by atoms with Crippen molar-refractivity contribution in [2.45, 2.75) is 38.3 Å². The normalized spacial score (nSPS) is 22.4. The minimum atomic E-state index is -0.800. The quantitative estimate of drug-likeness (QED) is 0.930. The second kappa shape index (κ2) is 4.90. The maximum Gasteiger partial charge on any atom is 0.305 e. The predicted octanol–water partition coefficient (Wildman–Crippen LogP) is 2.54. The highest BCUT2D eigenvalue weighted by molar-refractivity contribution is 5.76. The lowest BCUT2D eigenvalue weighted by molar-refractivity contribution is -0.137.